The van der Waals surface area contributed by atoms with E-state index >= 15 is 0 Å². The van der Waals surface area contributed by atoms with Gasteiger partial charge in [0.2, 0.25) is 0 Å². The van der Waals surface area contributed by atoms with Crippen LogP contribution in [0.25, 0.3) is 10.9 Å². The predicted octanol–water partition coefficient (Wildman–Crippen LogP) is 2.76. The minimum Gasteiger partial charge on any atom is -0.336 e. The van der Waals surface area contributed by atoms with Gasteiger partial charge in [-0.15, -0.1) is 0 Å². The van der Waals surface area contributed by atoms with Gasteiger partial charge < -0.3 is 20.1 Å². The zero-order valence-corrected chi connectivity index (χ0v) is 17.1. The average molecular weight is 393 g/mol. The van der Waals surface area contributed by atoms with Gasteiger partial charge in [-0.2, -0.15) is 0 Å². The molecule has 3 aromatic rings. The molecule has 7 nitrogen and oxygen atoms in total. The molecule has 1 atom stereocenters. The van der Waals surface area contributed by atoms with Gasteiger partial charge in [-0.3, -0.25) is 4.79 Å². The van der Waals surface area contributed by atoms with E-state index in [2.05, 4.69) is 32.3 Å². The maximum absolute atomic E-state index is 12.8. The Morgan fingerprint density at radius 3 is 2.48 bits per heavy atom. The highest BCUT2D eigenvalue weighted by Gasteiger charge is 2.18. The Kier molecular flexibility index (Phi) is 6.61. The Balaban J connectivity index is 1.70. The van der Waals surface area contributed by atoms with Crippen LogP contribution in [-0.2, 0) is 6.54 Å². The summed E-state index contributed by atoms with van der Waals surface area (Å²) in [6.45, 7) is 3.12. The summed E-state index contributed by atoms with van der Waals surface area (Å²) < 4.78 is 0. The number of H-pyrrole nitrogens is 1. The summed E-state index contributed by atoms with van der Waals surface area (Å²) >= 11 is 0. The third-order valence-electron chi connectivity index (χ3n) is 4.93. The molecule has 0 fully saturated rings. The number of carbonyl (C=O) groups is 1. The van der Waals surface area contributed by atoms with Crippen LogP contribution < -0.4 is 10.9 Å². The molecule has 1 heterocycles. The number of hydrogen-bond acceptors (Lipinski definition) is 4. The third-order valence-corrected chi connectivity index (χ3v) is 4.93. The van der Waals surface area contributed by atoms with Gasteiger partial charge in [0, 0.05) is 13.1 Å². The number of urea groups is 1. The molecular weight excluding hydrogens is 366 g/mol. The van der Waals surface area contributed by atoms with Crippen LogP contribution in [-0.4, -0.2) is 53.0 Å². The Hall–Kier alpha value is -3.19. The Morgan fingerprint density at radius 2 is 1.79 bits per heavy atom. The normalized spacial score (nSPS) is 12.1. The second kappa shape index (κ2) is 9.34. The molecule has 0 saturated heterocycles. The fourth-order valence-corrected chi connectivity index (χ4v) is 3.29. The molecule has 7 heteroatoms. The number of nitrogens with zero attached hydrogens (tertiary/aromatic N) is 3. The number of carbonyl (C=O) groups excluding carboxylic acids is 1. The van der Waals surface area contributed by atoms with Crippen LogP contribution in [0.1, 0.15) is 24.4 Å². The first kappa shape index (κ1) is 20.5. The van der Waals surface area contributed by atoms with E-state index in [-0.39, 0.29) is 24.2 Å². The number of aromatic nitrogens is 2. The molecule has 0 saturated carbocycles. The lowest BCUT2D eigenvalue weighted by molar-refractivity contribution is 0.191. The van der Waals surface area contributed by atoms with Gasteiger partial charge in [0.25, 0.3) is 5.56 Å². The summed E-state index contributed by atoms with van der Waals surface area (Å²) in [6, 6.07) is 17.1. The number of benzene rings is 2. The fourth-order valence-electron chi connectivity index (χ4n) is 3.29. The SMILES string of the molecule is CCN(Cc1nc2ccccc2c(=O)[nH]1)C(=O)NCC(c1ccccc1)N(C)C. The monoisotopic (exact) mass is 393 g/mol. The first-order valence-corrected chi connectivity index (χ1v) is 9.71. The van der Waals surface area contributed by atoms with Crippen molar-refractivity contribution in [1.82, 2.24) is 25.1 Å². The average Bonchev–Trinajstić information content (AvgIpc) is 2.72. The Labute approximate surface area is 170 Å². The second-order valence-corrected chi connectivity index (χ2v) is 7.12. The molecule has 0 radical (unpaired) electrons. The van der Waals surface area contributed by atoms with E-state index in [0.29, 0.717) is 29.8 Å². The highest BCUT2D eigenvalue weighted by Crippen LogP contribution is 2.17. The van der Waals surface area contributed by atoms with E-state index in [0.717, 1.165) is 5.56 Å². The molecule has 2 N–H and O–H groups in total. The molecule has 29 heavy (non-hydrogen) atoms. The molecular formula is C22H27N5O2. The molecule has 2 amide bonds. The predicted molar refractivity (Wildman–Crippen MR) is 115 cm³/mol. The molecule has 0 spiro atoms. The second-order valence-electron chi connectivity index (χ2n) is 7.12. The van der Waals surface area contributed by atoms with Crippen LogP contribution >= 0.6 is 0 Å². The van der Waals surface area contributed by atoms with Crippen LogP contribution in [0.3, 0.4) is 0 Å². The number of aromatic amines is 1. The summed E-state index contributed by atoms with van der Waals surface area (Å²) in [6.07, 6.45) is 0. The number of para-hydroxylation sites is 1. The van der Waals surface area contributed by atoms with Crippen molar-refractivity contribution in [1.29, 1.82) is 0 Å². The van der Waals surface area contributed by atoms with Gasteiger partial charge in [0.1, 0.15) is 5.82 Å². The first-order valence-electron chi connectivity index (χ1n) is 9.71. The summed E-state index contributed by atoms with van der Waals surface area (Å²) in [5, 5.41) is 3.55. The van der Waals surface area contributed by atoms with Crippen molar-refractivity contribution in [3.05, 3.63) is 76.3 Å². The smallest absolute Gasteiger partial charge is 0.317 e. The van der Waals surface area contributed by atoms with Crippen LogP contribution in [0.2, 0.25) is 0 Å². The van der Waals surface area contributed by atoms with Crippen molar-refractivity contribution >= 4 is 16.9 Å². The summed E-state index contributed by atoms with van der Waals surface area (Å²) in [5.74, 6) is 0.470. The Bertz CT molecular complexity index is 1020. The van der Waals surface area contributed by atoms with Gasteiger partial charge >= 0.3 is 6.03 Å². The number of likely N-dealkylation sites (N-methyl/N-ethyl adjacent to an activating group) is 1. The van der Waals surface area contributed by atoms with E-state index < -0.39 is 0 Å². The van der Waals surface area contributed by atoms with E-state index in [1.54, 1.807) is 23.1 Å². The largest absolute Gasteiger partial charge is 0.336 e. The lowest BCUT2D eigenvalue weighted by atomic mass is 10.1. The maximum Gasteiger partial charge on any atom is 0.317 e. The van der Waals surface area contributed by atoms with Crippen molar-refractivity contribution < 1.29 is 4.79 Å². The van der Waals surface area contributed by atoms with Crippen LogP contribution in [0.4, 0.5) is 4.79 Å². The maximum atomic E-state index is 12.8. The van der Waals surface area contributed by atoms with E-state index in [9.17, 15) is 9.59 Å². The minimum atomic E-state index is -0.196. The van der Waals surface area contributed by atoms with E-state index in [4.69, 9.17) is 0 Å². The lowest BCUT2D eigenvalue weighted by Crippen LogP contribution is -2.43. The summed E-state index contributed by atoms with van der Waals surface area (Å²) in [4.78, 5) is 36.0. The van der Waals surface area contributed by atoms with Crippen LogP contribution in [0, 0.1) is 0 Å². The van der Waals surface area contributed by atoms with Gasteiger partial charge in [0.05, 0.1) is 23.5 Å². The molecule has 3 rings (SSSR count). The molecule has 0 aliphatic heterocycles. The number of hydrogen-bond donors (Lipinski definition) is 2. The Morgan fingerprint density at radius 1 is 1.10 bits per heavy atom. The van der Waals surface area contributed by atoms with Gasteiger partial charge in [-0.05, 0) is 38.7 Å². The minimum absolute atomic E-state index is 0.0671. The molecule has 152 valence electrons. The number of nitrogens with one attached hydrogen (secondary N) is 2. The molecule has 1 aromatic heterocycles. The van der Waals surface area contributed by atoms with Crippen molar-refractivity contribution in [2.24, 2.45) is 0 Å². The van der Waals surface area contributed by atoms with Gasteiger partial charge in [-0.1, -0.05) is 42.5 Å². The van der Waals surface area contributed by atoms with E-state index in [1.165, 1.54) is 0 Å². The van der Waals surface area contributed by atoms with Gasteiger partial charge in [-0.25, -0.2) is 9.78 Å². The third kappa shape index (κ3) is 5.00. The highest BCUT2D eigenvalue weighted by molar-refractivity contribution is 5.77. The van der Waals surface area contributed by atoms with Crippen molar-refractivity contribution in [2.45, 2.75) is 19.5 Å². The van der Waals surface area contributed by atoms with E-state index in [1.807, 2.05) is 45.3 Å². The quantitative estimate of drug-likeness (QED) is 0.647. The number of fused-ring (bicyclic) bond motifs is 1. The van der Waals surface area contributed by atoms with Crippen molar-refractivity contribution in [2.75, 3.05) is 27.2 Å². The first-order chi connectivity index (χ1) is 14.0. The lowest BCUT2D eigenvalue weighted by Gasteiger charge is -2.27. The standard InChI is InChI=1S/C22H27N5O2/c1-4-27(15-20-24-18-13-9-8-12-17(18)21(28)25-20)22(29)23-14-19(26(2)3)16-10-6-5-7-11-16/h5-13,19H,4,14-15H2,1-3H3,(H,23,29)(H,24,25,28). The topological polar surface area (TPSA) is 81.3 Å². The van der Waals surface area contributed by atoms with Crippen molar-refractivity contribution in [3.63, 3.8) is 0 Å². The highest BCUT2D eigenvalue weighted by atomic mass is 16.2. The summed E-state index contributed by atoms with van der Waals surface area (Å²) in [7, 11) is 3.98. The fraction of sp³-hybridized carbons (Fsp3) is 0.318. The molecule has 0 bridgehead atoms. The molecule has 0 aliphatic rings. The van der Waals surface area contributed by atoms with Crippen LogP contribution in [0.15, 0.2) is 59.4 Å². The number of amides is 2. The zero-order valence-electron chi connectivity index (χ0n) is 17.1. The number of rotatable bonds is 7. The van der Waals surface area contributed by atoms with Crippen molar-refractivity contribution in [3.8, 4) is 0 Å². The molecule has 1 unspecified atom stereocenters. The molecule has 2 aromatic carbocycles. The van der Waals surface area contributed by atoms with Gasteiger partial charge in [0.15, 0.2) is 0 Å². The molecule has 0 aliphatic carbocycles. The zero-order chi connectivity index (χ0) is 20.8. The summed E-state index contributed by atoms with van der Waals surface area (Å²) in [5.41, 5.74) is 1.57. The van der Waals surface area contributed by atoms with Crippen LogP contribution in [0.5, 0.6) is 0 Å².